The lowest BCUT2D eigenvalue weighted by Crippen LogP contribution is -2.46. The lowest BCUT2D eigenvalue weighted by atomic mass is 10.2. The van der Waals surface area contributed by atoms with Gasteiger partial charge in [0.05, 0.1) is 12.9 Å². The molecule has 11 heteroatoms. The lowest BCUT2D eigenvalue weighted by Gasteiger charge is -2.34. The highest BCUT2D eigenvalue weighted by atomic mass is 35.5. The van der Waals surface area contributed by atoms with Crippen LogP contribution in [-0.2, 0) is 19.4 Å². The van der Waals surface area contributed by atoms with Crippen molar-refractivity contribution in [3.05, 3.63) is 81.3 Å². The second-order valence-corrected chi connectivity index (χ2v) is 8.53. The van der Waals surface area contributed by atoms with Crippen molar-refractivity contribution >= 4 is 30.0 Å². The first-order chi connectivity index (χ1) is 15.8. The minimum Gasteiger partial charge on any atom is -0.297 e. The van der Waals surface area contributed by atoms with Gasteiger partial charge in [0, 0.05) is 37.7 Å². The van der Waals surface area contributed by atoms with Gasteiger partial charge >= 0.3 is 6.18 Å². The number of aromatic nitrogens is 3. The predicted molar refractivity (Wildman–Crippen MR) is 124 cm³/mol. The molecule has 0 spiro atoms. The van der Waals surface area contributed by atoms with Crippen molar-refractivity contribution in [3.8, 4) is 0 Å². The predicted octanol–water partition coefficient (Wildman–Crippen LogP) is 4.74. The average Bonchev–Trinajstić information content (AvgIpc) is 3.11. The van der Waals surface area contributed by atoms with Crippen molar-refractivity contribution in [1.82, 2.24) is 24.3 Å². The van der Waals surface area contributed by atoms with Crippen LogP contribution in [0.2, 0.25) is 5.02 Å². The second-order valence-electron chi connectivity index (χ2n) is 7.73. The van der Waals surface area contributed by atoms with E-state index in [9.17, 15) is 13.2 Å². The van der Waals surface area contributed by atoms with E-state index in [4.69, 9.17) is 23.8 Å². The summed E-state index contributed by atoms with van der Waals surface area (Å²) in [4.78, 5) is 4.33. The van der Waals surface area contributed by atoms with Gasteiger partial charge in [-0.05, 0) is 35.5 Å². The van der Waals surface area contributed by atoms with Crippen LogP contribution in [0.4, 0.5) is 13.2 Å². The summed E-state index contributed by atoms with van der Waals surface area (Å²) in [7, 11) is 0. The standard InChI is InChI=1S/C22H22ClF3N6S/c23-19-8-6-18(7-9-19)15-29-10-12-30(13-11-29)16-31-21(33)32(20(28-31)22(24,25)26)27-14-17-4-2-1-3-5-17/h1-9,14H,10-13,15-16H2/b27-14+. The number of hydrogen-bond donors (Lipinski definition) is 0. The first kappa shape index (κ1) is 23.6. The van der Waals surface area contributed by atoms with E-state index in [-0.39, 0.29) is 11.4 Å². The molecule has 2 heterocycles. The van der Waals surface area contributed by atoms with Crippen molar-refractivity contribution in [1.29, 1.82) is 0 Å². The molecule has 4 rings (SSSR count). The highest BCUT2D eigenvalue weighted by molar-refractivity contribution is 7.71. The maximum Gasteiger partial charge on any atom is 0.453 e. The fourth-order valence-electron chi connectivity index (χ4n) is 3.56. The van der Waals surface area contributed by atoms with E-state index < -0.39 is 12.0 Å². The summed E-state index contributed by atoms with van der Waals surface area (Å²) in [5.41, 5.74) is 1.83. The number of nitrogens with zero attached hydrogens (tertiary/aromatic N) is 6. The molecule has 1 aliphatic heterocycles. The Bertz CT molecular complexity index is 1150. The largest absolute Gasteiger partial charge is 0.453 e. The van der Waals surface area contributed by atoms with Gasteiger partial charge in [-0.1, -0.05) is 54.1 Å². The van der Waals surface area contributed by atoms with Crippen LogP contribution in [0.1, 0.15) is 17.0 Å². The fourth-order valence-corrected chi connectivity index (χ4v) is 3.92. The summed E-state index contributed by atoms with van der Waals surface area (Å²) >= 11 is 11.2. The number of rotatable bonds is 6. The summed E-state index contributed by atoms with van der Waals surface area (Å²) in [6.07, 6.45) is -3.34. The van der Waals surface area contributed by atoms with Gasteiger partial charge in [-0.25, -0.2) is 4.68 Å². The van der Waals surface area contributed by atoms with Gasteiger partial charge in [-0.15, -0.1) is 5.10 Å². The molecule has 1 aliphatic rings. The van der Waals surface area contributed by atoms with Gasteiger partial charge in [0.25, 0.3) is 5.82 Å². The fraction of sp³-hybridized carbons (Fsp3) is 0.318. The van der Waals surface area contributed by atoms with Crippen molar-refractivity contribution < 1.29 is 13.2 Å². The quantitative estimate of drug-likeness (QED) is 0.366. The van der Waals surface area contributed by atoms with Crippen LogP contribution in [0.3, 0.4) is 0 Å². The Balaban J connectivity index is 1.44. The Hall–Kier alpha value is -2.53. The Kier molecular flexibility index (Phi) is 7.28. The zero-order valence-corrected chi connectivity index (χ0v) is 19.2. The third kappa shape index (κ3) is 6.08. The molecule has 0 radical (unpaired) electrons. The second kappa shape index (κ2) is 10.2. The van der Waals surface area contributed by atoms with Gasteiger partial charge < -0.3 is 0 Å². The molecule has 0 aliphatic carbocycles. The highest BCUT2D eigenvalue weighted by Crippen LogP contribution is 2.28. The zero-order valence-electron chi connectivity index (χ0n) is 17.6. The molecule has 1 aromatic heterocycles. The summed E-state index contributed by atoms with van der Waals surface area (Å²) in [5.74, 6) is -1.14. The molecule has 1 fully saturated rings. The maximum atomic E-state index is 13.6. The normalized spacial score (nSPS) is 16.0. The van der Waals surface area contributed by atoms with E-state index in [1.54, 1.807) is 24.3 Å². The van der Waals surface area contributed by atoms with Gasteiger partial charge in [0.15, 0.2) is 0 Å². The molecule has 0 bridgehead atoms. The zero-order chi connectivity index (χ0) is 23.4. The van der Waals surface area contributed by atoms with Crippen LogP contribution in [0.15, 0.2) is 59.7 Å². The molecular weight excluding hydrogens is 473 g/mol. The number of piperazine rings is 1. The summed E-state index contributed by atoms with van der Waals surface area (Å²) in [5, 5.41) is 8.42. The molecule has 0 amide bonds. The Morgan fingerprint density at radius 3 is 2.24 bits per heavy atom. The van der Waals surface area contributed by atoms with Crippen LogP contribution in [-0.4, -0.2) is 56.7 Å². The van der Waals surface area contributed by atoms with Crippen LogP contribution >= 0.6 is 23.8 Å². The monoisotopic (exact) mass is 494 g/mol. The van der Waals surface area contributed by atoms with Crippen LogP contribution in [0, 0.1) is 4.77 Å². The van der Waals surface area contributed by atoms with Gasteiger partial charge in [-0.3, -0.25) is 9.80 Å². The van der Waals surface area contributed by atoms with Gasteiger partial charge in [-0.2, -0.15) is 22.9 Å². The number of benzene rings is 2. The average molecular weight is 495 g/mol. The van der Waals surface area contributed by atoms with Crippen molar-refractivity contribution in [3.63, 3.8) is 0 Å². The maximum absolute atomic E-state index is 13.6. The SMILES string of the molecule is FC(F)(F)c1nn(CN2CCN(Cc3ccc(Cl)cc3)CC2)c(=S)n1/N=C/c1ccccc1. The van der Waals surface area contributed by atoms with Crippen molar-refractivity contribution in [2.75, 3.05) is 26.2 Å². The molecule has 33 heavy (non-hydrogen) atoms. The molecular formula is C22H22ClF3N6S. The molecule has 2 aromatic carbocycles. The van der Waals surface area contributed by atoms with Crippen LogP contribution in [0.25, 0.3) is 0 Å². The number of halogens is 4. The lowest BCUT2D eigenvalue weighted by molar-refractivity contribution is -0.147. The Labute approximate surface area is 199 Å². The van der Waals surface area contributed by atoms with Crippen molar-refractivity contribution in [2.45, 2.75) is 19.4 Å². The third-order valence-corrected chi connectivity index (χ3v) is 5.95. The highest BCUT2D eigenvalue weighted by Gasteiger charge is 2.39. The molecule has 6 nitrogen and oxygen atoms in total. The Morgan fingerprint density at radius 2 is 1.61 bits per heavy atom. The first-order valence-corrected chi connectivity index (χ1v) is 11.1. The van der Waals surface area contributed by atoms with Gasteiger partial charge in [0.2, 0.25) is 4.77 Å². The molecule has 3 aromatic rings. The van der Waals surface area contributed by atoms with E-state index in [0.29, 0.717) is 28.4 Å². The van der Waals surface area contributed by atoms with Gasteiger partial charge in [0.1, 0.15) is 0 Å². The van der Waals surface area contributed by atoms with Crippen LogP contribution < -0.4 is 0 Å². The minimum absolute atomic E-state index is 0.0990. The summed E-state index contributed by atoms with van der Waals surface area (Å²) in [6.45, 7) is 3.92. The van der Waals surface area contributed by atoms with E-state index in [1.165, 1.54) is 16.5 Å². The summed E-state index contributed by atoms with van der Waals surface area (Å²) < 4.78 is 42.5. The van der Waals surface area contributed by atoms with Crippen LogP contribution in [0.5, 0.6) is 0 Å². The molecule has 0 N–H and O–H groups in total. The molecule has 0 saturated carbocycles. The Morgan fingerprint density at radius 1 is 0.970 bits per heavy atom. The number of hydrogen-bond acceptors (Lipinski definition) is 5. The molecule has 0 atom stereocenters. The third-order valence-electron chi connectivity index (χ3n) is 5.31. The van der Waals surface area contributed by atoms with E-state index in [2.05, 4.69) is 15.1 Å². The molecule has 174 valence electrons. The van der Waals surface area contributed by atoms with E-state index >= 15 is 0 Å². The summed E-state index contributed by atoms with van der Waals surface area (Å²) in [6, 6.07) is 16.6. The van der Waals surface area contributed by atoms with E-state index in [0.717, 1.165) is 19.6 Å². The minimum atomic E-state index is -4.68. The topological polar surface area (TPSA) is 41.6 Å². The number of alkyl halides is 3. The molecule has 1 saturated heterocycles. The smallest absolute Gasteiger partial charge is 0.297 e. The van der Waals surface area contributed by atoms with Crippen molar-refractivity contribution in [2.24, 2.45) is 5.10 Å². The van der Waals surface area contributed by atoms with E-state index in [1.807, 2.05) is 35.2 Å². The molecule has 0 unspecified atom stereocenters. The first-order valence-electron chi connectivity index (χ1n) is 10.4.